The molecule has 2 aliphatic rings. The minimum atomic E-state index is -4.67. The Morgan fingerprint density at radius 3 is 2.45 bits per heavy atom. The van der Waals surface area contributed by atoms with Crippen molar-refractivity contribution in [2.24, 2.45) is 0 Å². The van der Waals surface area contributed by atoms with Crippen molar-refractivity contribution in [1.29, 1.82) is 0 Å². The van der Waals surface area contributed by atoms with Crippen LogP contribution >= 0.6 is 23.2 Å². The second-order valence-corrected chi connectivity index (χ2v) is 13.3. The van der Waals surface area contributed by atoms with Crippen LogP contribution in [0.15, 0.2) is 58.3 Å². The predicted molar refractivity (Wildman–Crippen MR) is 144 cm³/mol. The van der Waals surface area contributed by atoms with Crippen LogP contribution in [0.2, 0.25) is 10.0 Å². The molecule has 5 rings (SSSR count). The third kappa shape index (κ3) is 6.03. The van der Waals surface area contributed by atoms with Crippen molar-refractivity contribution in [1.82, 2.24) is 4.48 Å². The smallest absolute Gasteiger partial charge is 0.748 e. The molecular weight excluding hydrogens is 614 g/mol. The average molecular weight is 639 g/mol. The second-order valence-electron chi connectivity index (χ2n) is 9.42. The summed E-state index contributed by atoms with van der Waals surface area (Å²) < 4.78 is 83.7. The first kappa shape index (κ1) is 31.5. The molecule has 3 aromatic rings. The van der Waals surface area contributed by atoms with Crippen LogP contribution < -0.4 is 43.3 Å². The number of benzene rings is 2. The van der Waals surface area contributed by atoms with Crippen LogP contribution in [0.25, 0.3) is 17.2 Å². The van der Waals surface area contributed by atoms with Gasteiger partial charge in [-0.3, -0.25) is 0 Å². The molecule has 208 valence electrons. The van der Waals surface area contributed by atoms with Gasteiger partial charge in [0.1, 0.15) is 0 Å². The number of rotatable bonds is 8. The second kappa shape index (κ2) is 11.7. The van der Waals surface area contributed by atoms with Gasteiger partial charge in [-0.15, -0.1) is 0 Å². The number of halogens is 2. The van der Waals surface area contributed by atoms with E-state index >= 15 is 0 Å². The number of quaternary nitrogens is 1. The van der Waals surface area contributed by atoms with Gasteiger partial charge in [0.05, 0.1) is 29.2 Å². The third-order valence-electron chi connectivity index (χ3n) is 7.01. The van der Waals surface area contributed by atoms with Gasteiger partial charge >= 0.3 is 41.3 Å². The topological polar surface area (TPSA) is 141 Å². The fourth-order valence-corrected chi connectivity index (χ4v) is 7.08. The van der Waals surface area contributed by atoms with Gasteiger partial charge in [0.25, 0.3) is 5.52 Å². The van der Waals surface area contributed by atoms with Crippen LogP contribution in [0.5, 0.6) is 5.75 Å². The van der Waals surface area contributed by atoms with E-state index in [-0.39, 0.29) is 59.3 Å². The number of hydrogen-bond acceptors (Lipinski definition) is 8. The molecule has 0 saturated carbocycles. The van der Waals surface area contributed by atoms with Gasteiger partial charge in [0.15, 0.2) is 33.5 Å². The van der Waals surface area contributed by atoms with Crippen molar-refractivity contribution < 1.29 is 69.2 Å². The molecule has 1 saturated heterocycles. The number of ether oxygens (including phenoxy) is 1. The summed E-state index contributed by atoms with van der Waals surface area (Å²) in [7, 11) is -9.07. The third-order valence-corrected chi connectivity index (χ3v) is 9.53. The molecule has 0 radical (unpaired) electrons. The van der Waals surface area contributed by atoms with E-state index in [4.69, 9.17) is 32.4 Å². The zero-order valence-corrected chi connectivity index (χ0v) is 26.8. The average Bonchev–Trinajstić information content (AvgIpc) is 3.31. The van der Waals surface area contributed by atoms with Crippen molar-refractivity contribution >= 4 is 66.3 Å². The number of aryl methyl sites for hydroxylation is 1. The normalized spacial score (nSPS) is 21.8. The number of aromatic nitrogens is 1. The Bertz CT molecular complexity index is 1760. The summed E-state index contributed by atoms with van der Waals surface area (Å²) in [4.78, 5) is 0. The minimum Gasteiger partial charge on any atom is -0.748 e. The summed E-state index contributed by atoms with van der Waals surface area (Å²) in [5.41, 5.74) is 2.31. The Kier molecular flexibility index (Phi) is 9.19. The van der Waals surface area contributed by atoms with Crippen molar-refractivity contribution in [2.75, 3.05) is 12.3 Å². The van der Waals surface area contributed by atoms with Crippen LogP contribution in [0, 0.1) is 0 Å². The summed E-state index contributed by atoms with van der Waals surface area (Å²) in [6.45, 7) is 2.40. The molecule has 15 heteroatoms. The maximum Gasteiger partial charge on any atom is 1.00 e. The monoisotopic (exact) mass is 637 g/mol. The Morgan fingerprint density at radius 1 is 1.12 bits per heavy atom. The first-order valence-electron chi connectivity index (χ1n) is 12.1. The van der Waals surface area contributed by atoms with Gasteiger partial charge in [-0.2, -0.15) is 4.57 Å². The SMILES string of the molecule is CCC(/C=C1\Oc2ccc(Cl)cc2[N+]12CCC2S(=O)(=O)[O-])=C\c1oc2ccc(Cl)cc2[n+]1CCCS(=O)(=O)[O-].[Na+]. The number of fused-ring (bicyclic) bond motifs is 3. The standard InChI is InChI=1S/C25H24Cl2N2O8S2.Na/c1-2-16(12-23-28(9-3-11-38(30,31)32)19-14-17(26)4-6-21(19)36-23)13-24-29(10-8-25(29)39(33,34)35)20-15-18(27)5-7-22(20)37-24;/h4-7,12-15,25H,2-3,8-11H2,1H3;/q;+1/b16-12+,24-13-;. The number of hydrogen-bond donors (Lipinski definition) is 0. The van der Waals surface area contributed by atoms with Gasteiger partial charge in [0.2, 0.25) is 5.58 Å². The molecule has 2 atom stereocenters. The van der Waals surface area contributed by atoms with E-state index in [1.54, 1.807) is 53.1 Å². The Morgan fingerprint density at radius 2 is 1.82 bits per heavy atom. The van der Waals surface area contributed by atoms with E-state index in [9.17, 15) is 25.9 Å². The summed E-state index contributed by atoms with van der Waals surface area (Å²) in [5, 5.41) is -0.418. The van der Waals surface area contributed by atoms with E-state index in [0.717, 1.165) is 0 Å². The fraction of sp³-hybridized carbons (Fsp3) is 0.320. The van der Waals surface area contributed by atoms with E-state index in [0.29, 0.717) is 57.0 Å². The molecule has 3 heterocycles. The molecule has 2 unspecified atom stereocenters. The first-order chi connectivity index (χ1) is 18.3. The van der Waals surface area contributed by atoms with E-state index < -0.39 is 31.4 Å². The zero-order valence-electron chi connectivity index (χ0n) is 21.7. The zero-order chi connectivity index (χ0) is 28.2. The summed E-state index contributed by atoms with van der Waals surface area (Å²) in [6.07, 6.45) is 4.13. The van der Waals surface area contributed by atoms with E-state index in [2.05, 4.69) is 0 Å². The maximum absolute atomic E-state index is 12.2. The molecule has 1 spiro atoms. The molecule has 0 amide bonds. The summed E-state index contributed by atoms with van der Waals surface area (Å²) in [5.74, 6) is 0.521. The fourth-order valence-electron chi connectivity index (χ4n) is 5.11. The molecule has 1 aromatic heterocycles. The van der Waals surface area contributed by atoms with Gasteiger partial charge < -0.3 is 18.3 Å². The minimum absolute atomic E-state index is 0. The Labute approximate surface area is 264 Å². The van der Waals surface area contributed by atoms with Crippen LogP contribution in [0.4, 0.5) is 5.69 Å². The Balaban J connectivity index is 0.00000370. The van der Waals surface area contributed by atoms with Crippen molar-refractivity contribution in [3.8, 4) is 5.75 Å². The largest absolute Gasteiger partial charge is 1.00 e. The maximum atomic E-state index is 12.2. The molecule has 0 bridgehead atoms. The quantitative estimate of drug-likeness (QED) is 0.156. The molecular formula is C25H24Cl2N2NaO8S2+. The van der Waals surface area contributed by atoms with Crippen molar-refractivity contribution in [3.05, 3.63) is 69.9 Å². The number of oxazole rings is 1. The first-order valence-corrected chi connectivity index (χ1v) is 15.9. The Hall–Kier alpha value is -1.45. The summed E-state index contributed by atoms with van der Waals surface area (Å²) in [6, 6.07) is 9.91. The summed E-state index contributed by atoms with van der Waals surface area (Å²) >= 11 is 12.4. The van der Waals surface area contributed by atoms with Crippen LogP contribution in [-0.2, 0) is 26.8 Å². The molecule has 0 aliphatic carbocycles. The van der Waals surface area contributed by atoms with E-state index in [1.165, 1.54) is 0 Å². The molecule has 0 N–H and O–H groups in total. The van der Waals surface area contributed by atoms with Crippen molar-refractivity contribution in [3.63, 3.8) is 0 Å². The van der Waals surface area contributed by atoms with E-state index in [1.807, 2.05) is 6.92 Å². The predicted octanol–water partition coefficient (Wildman–Crippen LogP) is 1.28. The molecule has 2 aliphatic heterocycles. The molecule has 1 fully saturated rings. The molecule has 40 heavy (non-hydrogen) atoms. The van der Waals surface area contributed by atoms with Gasteiger partial charge in [-0.1, -0.05) is 30.1 Å². The van der Waals surface area contributed by atoms with Crippen LogP contribution in [0.1, 0.15) is 32.1 Å². The molecule has 10 nitrogen and oxygen atoms in total. The van der Waals surface area contributed by atoms with Crippen LogP contribution in [0.3, 0.4) is 0 Å². The van der Waals surface area contributed by atoms with Gasteiger partial charge in [0, 0.05) is 40.4 Å². The van der Waals surface area contributed by atoms with Gasteiger partial charge in [-0.05, 0) is 36.3 Å². The molecule has 2 aromatic carbocycles. The van der Waals surface area contributed by atoms with Crippen molar-refractivity contribution in [2.45, 2.75) is 38.1 Å². The number of nitrogens with zero attached hydrogens (tertiary/aromatic N) is 2. The number of allylic oxidation sites excluding steroid dienone is 2. The van der Waals surface area contributed by atoms with Gasteiger partial charge in [-0.25, -0.2) is 21.3 Å². The van der Waals surface area contributed by atoms with Crippen LogP contribution in [-0.4, -0.2) is 43.6 Å².